The number of carboxylic acids is 1. The number of aryl methyl sites for hydroxylation is 1. The molecule has 5 rings (SSSR count). The number of carboxylic acid groups (broad SMARTS) is 1. The molecule has 5 N–H and O–H groups in total. The number of benzene rings is 1. The van der Waals surface area contributed by atoms with E-state index in [1.54, 1.807) is 7.05 Å². The van der Waals surface area contributed by atoms with Crippen molar-refractivity contribution in [2.45, 2.75) is 28.4 Å². The van der Waals surface area contributed by atoms with E-state index in [0.29, 0.717) is 10.8 Å². The van der Waals surface area contributed by atoms with Gasteiger partial charge in [-0.2, -0.15) is 0 Å². The van der Waals surface area contributed by atoms with E-state index in [1.165, 1.54) is 28.9 Å². The fourth-order valence-corrected chi connectivity index (χ4v) is 7.70. The summed E-state index contributed by atoms with van der Waals surface area (Å²) in [4.78, 5) is 68.4. The minimum Gasteiger partial charge on any atom is -0.543 e. The number of thioether (sulfide) groups is 2. The zero-order chi connectivity index (χ0) is 32.6. The number of nitrogens with two attached hydrogens (primary N) is 1. The molecule has 46 heavy (non-hydrogen) atoms. The van der Waals surface area contributed by atoms with E-state index in [0.717, 1.165) is 44.6 Å². The first-order chi connectivity index (χ1) is 21.2. The number of nitrogens with zero attached hydrogens (tertiary/aromatic N) is 7. The molecule has 2 fully saturated rings. The Hall–Kier alpha value is -3.41. The van der Waals surface area contributed by atoms with Crippen LogP contribution in [0.3, 0.4) is 0 Å². The number of carbonyl (C=O) groups is 5. The number of hydrazine groups is 1. The quantitative estimate of drug-likeness (QED) is 0.0779. The Morgan fingerprint density at radius 3 is 2.48 bits per heavy atom. The van der Waals surface area contributed by atoms with Crippen LogP contribution < -0.4 is 55.9 Å². The maximum absolute atomic E-state index is 13.9. The van der Waals surface area contributed by atoms with Crippen molar-refractivity contribution in [1.82, 2.24) is 50.5 Å². The standard InChI is InChI=1S/C23H27N11O8S3.Na/c1-31-22(27-28-29-31)43-10-13-17(20(37)38)34-14(35)9-15(34)44-19(13)26-18(36)16(11-3-5-12(24)6-4-11)25-21(39)32-7-8-33(23(32)40)30-45(2,41)42;/h3-6,15-16,19,30H,7-10,24H2,1-2H3,(H,25,39)(H,26,36)(H,37,38);/q;+1/p-1/t15-,16?,19?;/m0./s1. The van der Waals surface area contributed by atoms with Crippen molar-refractivity contribution in [3.63, 3.8) is 0 Å². The molecular weight excluding hydrogens is 678 g/mol. The average Bonchev–Trinajstić information content (AvgIpc) is 3.54. The Bertz CT molecular complexity index is 1700. The van der Waals surface area contributed by atoms with Crippen molar-refractivity contribution >= 4 is 69.1 Å². The summed E-state index contributed by atoms with van der Waals surface area (Å²) in [5.74, 6) is -2.84. The molecule has 19 nitrogen and oxygen atoms in total. The summed E-state index contributed by atoms with van der Waals surface area (Å²) in [6, 6.07) is 2.63. The summed E-state index contributed by atoms with van der Waals surface area (Å²) in [6.07, 6.45) is 0.887. The second-order valence-corrected chi connectivity index (χ2v) is 13.9. The van der Waals surface area contributed by atoms with Crippen LogP contribution >= 0.6 is 23.5 Å². The third-order valence-corrected chi connectivity index (χ3v) is 9.77. The van der Waals surface area contributed by atoms with Crippen LogP contribution in [0, 0.1) is 0 Å². The second-order valence-electron chi connectivity index (χ2n) is 9.98. The first-order valence-corrected chi connectivity index (χ1v) is 16.8. The Kier molecular flexibility index (Phi) is 10.9. The van der Waals surface area contributed by atoms with Crippen molar-refractivity contribution < 1.29 is 67.1 Å². The number of β-lactam (4-membered cyclic amide) rings is 1. The SMILES string of the molecule is Cn1nnnc1SCC1=C(C(=O)[O-])N2C(=O)C[C@@H]2SC1NC(=O)C(NC(=O)N1CCN(NS(C)(=O)=O)C1=O)c1ccc(N)cc1.[Na+]. The molecule has 3 aliphatic heterocycles. The number of anilines is 1. The van der Waals surface area contributed by atoms with Crippen LogP contribution in [0.2, 0.25) is 0 Å². The number of nitrogens with one attached hydrogen (secondary N) is 3. The van der Waals surface area contributed by atoms with Gasteiger partial charge < -0.3 is 26.3 Å². The van der Waals surface area contributed by atoms with Crippen LogP contribution in [0.15, 0.2) is 40.7 Å². The van der Waals surface area contributed by atoms with Gasteiger partial charge in [0.1, 0.15) is 11.4 Å². The monoisotopic (exact) mass is 703 g/mol. The maximum atomic E-state index is 13.9. The number of nitrogen functional groups attached to an aromatic ring is 1. The van der Waals surface area contributed by atoms with E-state index in [4.69, 9.17) is 5.73 Å². The molecule has 0 radical (unpaired) electrons. The zero-order valence-electron chi connectivity index (χ0n) is 24.6. The first-order valence-electron chi connectivity index (χ1n) is 13.0. The van der Waals surface area contributed by atoms with Crippen LogP contribution in [0.1, 0.15) is 18.0 Å². The van der Waals surface area contributed by atoms with Crippen molar-refractivity contribution in [1.29, 1.82) is 0 Å². The summed E-state index contributed by atoms with van der Waals surface area (Å²) in [5, 5.41) is 28.3. The number of hydrogen-bond acceptors (Lipinski definition) is 14. The number of imide groups is 1. The number of hydrogen-bond donors (Lipinski definition) is 4. The van der Waals surface area contributed by atoms with Gasteiger partial charge in [0, 0.05) is 18.5 Å². The van der Waals surface area contributed by atoms with Gasteiger partial charge in [-0.15, -0.1) is 21.7 Å². The molecule has 4 heterocycles. The predicted molar refractivity (Wildman–Crippen MR) is 155 cm³/mol. The molecule has 0 spiro atoms. The normalized spacial score (nSPS) is 20.1. The van der Waals surface area contributed by atoms with Crippen LogP contribution in [-0.4, -0.2) is 109 Å². The van der Waals surface area contributed by atoms with Gasteiger partial charge in [0.2, 0.25) is 27.0 Å². The number of amides is 6. The van der Waals surface area contributed by atoms with E-state index in [9.17, 15) is 37.5 Å². The average molecular weight is 704 g/mol. The summed E-state index contributed by atoms with van der Waals surface area (Å²) < 4.78 is 24.6. The molecule has 1 aromatic heterocycles. The molecule has 1 aromatic carbocycles. The molecule has 0 saturated carbocycles. The Labute approximate surface area is 292 Å². The van der Waals surface area contributed by atoms with Crippen LogP contribution in [-0.2, 0) is 31.5 Å². The Balaban J connectivity index is 0.00000480. The minimum atomic E-state index is -3.80. The number of urea groups is 2. The van der Waals surface area contributed by atoms with E-state index >= 15 is 0 Å². The smallest absolute Gasteiger partial charge is 0.543 e. The van der Waals surface area contributed by atoms with E-state index in [1.807, 2.05) is 4.83 Å². The topological polar surface area (TPSA) is 258 Å². The van der Waals surface area contributed by atoms with Crippen molar-refractivity contribution in [3.05, 3.63) is 41.1 Å². The third kappa shape index (κ3) is 7.58. The van der Waals surface area contributed by atoms with Gasteiger partial charge in [-0.05, 0) is 33.7 Å². The molecule has 0 aliphatic carbocycles. The molecule has 3 aliphatic rings. The third-order valence-electron chi connectivity index (χ3n) is 6.80. The van der Waals surface area contributed by atoms with Crippen molar-refractivity contribution in [3.8, 4) is 0 Å². The zero-order valence-corrected chi connectivity index (χ0v) is 29.0. The Morgan fingerprint density at radius 2 is 1.89 bits per heavy atom. The number of aromatic nitrogens is 4. The predicted octanol–water partition coefficient (Wildman–Crippen LogP) is -5.71. The van der Waals surface area contributed by atoms with Gasteiger partial charge in [0.15, 0.2) is 0 Å². The second kappa shape index (κ2) is 14.1. The summed E-state index contributed by atoms with van der Waals surface area (Å²) in [7, 11) is -2.22. The van der Waals surface area contributed by atoms with Gasteiger partial charge >= 0.3 is 41.6 Å². The summed E-state index contributed by atoms with van der Waals surface area (Å²) in [6.45, 7) is -0.310. The van der Waals surface area contributed by atoms with Gasteiger partial charge in [-0.3, -0.25) is 14.5 Å². The number of aliphatic carboxylic acids is 1. The molecule has 6 amide bonds. The van der Waals surface area contributed by atoms with Crippen LogP contribution in [0.5, 0.6) is 0 Å². The molecule has 0 bridgehead atoms. The fourth-order valence-electron chi connectivity index (χ4n) is 4.68. The molecule has 2 saturated heterocycles. The number of tetrazole rings is 1. The summed E-state index contributed by atoms with van der Waals surface area (Å²) in [5.41, 5.74) is 6.22. The van der Waals surface area contributed by atoms with Crippen molar-refractivity contribution in [2.75, 3.05) is 30.8 Å². The molecule has 240 valence electrons. The fraction of sp³-hybridized carbons (Fsp3) is 0.391. The van der Waals surface area contributed by atoms with E-state index < -0.39 is 56.7 Å². The van der Waals surface area contributed by atoms with Crippen LogP contribution in [0.4, 0.5) is 15.3 Å². The van der Waals surface area contributed by atoms with Crippen LogP contribution in [0.25, 0.3) is 0 Å². The number of fused-ring (bicyclic) bond motifs is 1. The van der Waals surface area contributed by atoms with Gasteiger partial charge in [0.25, 0.3) is 0 Å². The molecular formula is C23H26N11NaO8S3. The molecule has 2 unspecified atom stereocenters. The van der Waals surface area contributed by atoms with E-state index in [2.05, 4.69) is 26.2 Å². The number of sulfonamides is 1. The maximum Gasteiger partial charge on any atom is 1.00 e. The number of rotatable bonds is 10. The van der Waals surface area contributed by atoms with E-state index in [-0.39, 0.29) is 71.7 Å². The van der Waals surface area contributed by atoms with Gasteiger partial charge in [0.05, 0.1) is 42.8 Å². The van der Waals surface area contributed by atoms with Gasteiger partial charge in [-0.1, -0.05) is 23.9 Å². The van der Waals surface area contributed by atoms with Gasteiger partial charge in [-0.25, -0.2) is 32.6 Å². The molecule has 2 aromatic rings. The Morgan fingerprint density at radius 1 is 1.20 bits per heavy atom. The number of carbonyl (C=O) groups excluding carboxylic acids is 5. The van der Waals surface area contributed by atoms with Crippen molar-refractivity contribution in [2.24, 2.45) is 7.05 Å². The summed E-state index contributed by atoms with van der Waals surface area (Å²) >= 11 is 2.21. The minimum absolute atomic E-state index is 0. The molecule has 3 atom stereocenters. The largest absolute Gasteiger partial charge is 1.00 e. The molecule has 23 heteroatoms. The first kappa shape index (κ1) is 35.4.